The molecule has 0 aromatic heterocycles. The molecule has 1 aromatic carbocycles. The number of hydrogen-bond donors (Lipinski definition) is 0. The topological polar surface area (TPSA) is 44.8 Å². The van der Waals surface area contributed by atoms with Gasteiger partial charge >= 0.3 is 7.12 Å². The molecular weight excluding hydrogens is 267 g/mol. The average Bonchev–Trinajstić information content (AvgIpc) is 2.86. The van der Waals surface area contributed by atoms with Crippen LogP contribution in [0.15, 0.2) is 12.1 Å². The third-order valence-corrected chi connectivity index (χ3v) is 4.88. The molecule has 1 saturated heterocycles. The fourth-order valence-electron chi connectivity index (χ4n) is 2.82. The zero-order valence-electron chi connectivity index (χ0n) is 13.3. The lowest BCUT2D eigenvalue weighted by Gasteiger charge is -2.32. The summed E-state index contributed by atoms with van der Waals surface area (Å²) in [6.07, 6.45) is 1.36. The average molecular weight is 288 g/mol. The van der Waals surface area contributed by atoms with Gasteiger partial charge in [-0.3, -0.25) is 4.79 Å². The van der Waals surface area contributed by atoms with Crippen LogP contribution < -0.4 is 10.2 Å². The summed E-state index contributed by atoms with van der Waals surface area (Å²) in [5.74, 6) is 0.839. The summed E-state index contributed by atoms with van der Waals surface area (Å²) in [5.41, 5.74) is 1.91. The Labute approximate surface area is 125 Å². The first-order chi connectivity index (χ1) is 9.75. The molecule has 1 heterocycles. The van der Waals surface area contributed by atoms with E-state index in [4.69, 9.17) is 14.0 Å². The summed E-state index contributed by atoms with van der Waals surface area (Å²) in [7, 11) is 1.14. The van der Waals surface area contributed by atoms with Crippen LogP contribution in [0, 0.1) is 0 Å². The van der Waals surface area contributed by atoms with Crippen molar-refractivity contribution in [2.75, 3.05) is 7.11 Å². The van der Waals surface area contributed by atoms with Gasteiger partial charge in [-0.05, 0) is 45.7 Å². The number of Topliss-reactive ketones (excluding diaryl/α,β-unsaturated/α-hetero) is 1. The normalized spacial score (nSPS) is 22.5. The predicted octanol–water partition coefficient (Wildman–Crippen LogP) is 2.12. The molecule has 3 rings (SSSR count). The van der Waals surface area contributed by atoms with Gasteiger partial charge in [0.05, 0.1) is 18.3 Å². The van der Waals surface area contributed by atoms with Gasteiger partial charge in [-0.1, -0.05) is 6.07 Å². The first kappa shape index (κ1) is 14.6. The van der Waals surface area contributed by atoms with Gasteiger partial charge in [0.15, 0.2) is 5.78 Å². The molecule has 0 amide bonds. The van der Waals surface area contributed by atoms with E-state index in [1.54, 1.807) is 7.11 Å². The minimum atomic E-state index is -0.467. The number of aryl methyl sites for hydroxylation is 1. The summed E-state index contributed by atoms with van der Waals surface area (Å²) in [6.45, 7) is 8.10. The quantitative estimate of drug-likeness (QED) is 0.782. The molecule has 21 heavy (non-hydrogen) atoms. The van der Waals surface area contributed by atoms with Crippen molar-refractivity contribution in [1.82, 2.24) is 0 Å². The van der Waals surface area contributed by atoms with Gasteiger partial charge < -0.3 is 14.0 Å². The van der Waals surface area contributed by atoms with E-state index in [0.717, 1.165) is 23.0 Å². The summed E-state index contributed by atoms with van der Waals surface area (Å²) < 4.78 is 17.6. The zero-order chi connectivity index (χ0) is 15.4. The number of fused-ring (bicyclic) bond motifs is 1. The van der Waals surface area contributed by atoms with Crippen LogP contribution in [-0.4, -0.2) is 31.2 Å². The number of benzene rings is 1. The van der Waals surface area contributed by atoms with E-state index in [2.05, 4.69) is 0 Å². The highest BCUT2D eigenvalue weighted by Gasteiger charge is 2.52. The minimum absolute atomic E-state index is 0.184. The molecule has 0 radical (unpaired) electrons. The third kappa shape index (κ3) is 2.19. The molecule has 2 aliphatic rings. The fourth-order valence-corrected chi connectivity index (χ4v) is 2.82. The van der Waals surface area contributed by atoms with Crippen molar-refractivity contribution in [3.8, 4) is 5.75 Å². The van der Waals surface area contributed by atoms with Crippen molar-refractivity contribution in [3.05, 3.63) is 23.3 Å². The number of ketones is 1. The highest BCUT2D eigenvalue weighted by Crippen LogP contribution is 2.37. The summed E-state index contributed by atoms with van der Waals surface area (Å²) in [5, 5.41) is 0. The maximum Gasteiger partial charge on any atom is 0.498 e. The Morgan fingerprint density at radius 3 is 2.29 bits per heavy atom. The van der Waals surface area contributed by atoms with Crippen LogP contribution in [0.4, 0.5) is 0 Å². The number of rotatable bonds is 2. The molecular formula is C16H21BO4. The standard InChI is InChI=1S/C16H21BO4/c1-15(2)16(3,4)21-17(20-15)12-8-10-6-7-13(18)11(10)9-14(12)19-5/h8-9H,6-7H2,1-5H3. The van der Waals surface area contributed by atoms with Crippen molar-refractivity contribution < 1.29 is 18.8 Å². The van der Waals surface area contributed by atoms with Gasteiger partial charge in [0.2, 0.25) is 0 Å². The lowest BCUT2D eigenvalue weighted by Crippen LogP contribution is -2.41. The molecule has 1 aliphatic heterocycles. The van der Waals surface area contributed by atoms with Crippen LogP contribution >= 0.6 is 0 Å². The van der Waals surface area contributed by atoms with Gasteiger partial charge in [0, 0.05) is 17.4 Å². The minimum Gasteiger partial charge on any atom is -0.497 e. The van der Waals surface area contributed by atoms with Gasteiger partial charge in [-0.15, -0.1) is 0 Å². The van der Waals surface area contributed by atoms with E-state index in [9.17, 15) is 4.79 Å². The Bertz CT molecular complexity index is 591. The maximum absolute atomic E-state index is 11.9. The van der Waals surface area contributed by atoms with Crippen LogP contribution in [0.1, 0.15) is 50.0 Å². The van der Waals surface area contributed by atoms with Crippen molar-refractivity contribution >= 4 is 18.4 Å². The van der Waals surface area contributed by atoms with E-state index in [1.165, 1.54) is 0 Å². The van der Waals surface area contributed by atoms with Crippen LogP contribution in [-0.2, 0) is 15.7 Å². The Kier molecular flexibility index (Phi) is 3.19. The molecule has 0 spiro atoms. The van der Waals surface area contributed by atoms with E-state index in [1.807, 2.05) is 39.8 Å². The molecule has 4 nitrogen and oxygen atoms in total. The number of carbonyl (C=O) groups is 1. The molecule has 112 valence electrons. The fraction of sp³-hybridized carbons (Fsp3) is 0.562. The van der Waals surface area contributed by atoms with Crippen molar-refractivity contribution in [3.63, 3.8) is 0 Å². The second-order valence-electron chi connectivity index (χ2n) is 6.76. The second kappa shape index (κ2) is 4.58. The molecule has 0 N–H and O–H groups in total. The molecule has 0 bridgehead atoms. The number of ether oxygens (including phenoxy) is 1. The number of carbonyl (C=O) groups excluding carboxylic acids is 1. The Balaban J connectivity index is 2.02. The lowest BCUT2D eigenvalue weighted by molar-refractivity contribution is 0.00578. The van der Waals surface area contributed by atoms with Gasteiger partial charge in [-0.2, -0.15) is 0 Å². The van der Waals surface area contributed by atoms with Crippen LogP contribution in [0.25, 0.3) is 0 Å². The van der Waals surface area contributed by atoms with Crippen LogP contribution in [0.3, 0.4) is 0 Å². The SMILES string of the molecule is COc1cc2c(cc1B1OC(C)(C)C(C)(C)O1)CCC2=O. The molecule has 5 heteroatoms. The molecule has 0 saturated carbocycles. The first-order valence-corrected chi connectivity index (χ1v) is 7.35. The highest BCUT2D eigenvalue weighted by molar-refractivity contribution is 6.63. The van der Waals surface area contributed by atoms with E-state index in [-0.39, 0.29) is 5.78 Å². The van der Waals surface area contributed by atoms with E-state index < -0.39 is 18.3 Å². The van der Waals surface area contributed by atoms with E-state index in [0.29, 0.717) is 12.2 Å². The monoisotopic (exact) mass is 288 g/mol. The van der Waals surface area contributed by atoms with Crippen molar-refractivity contribution in [1.29, 1.82) is 0 Å². The lowest BCUT2D eigenvalue weighted by atomic mass is 9.77. The molecule has 0 unspecified atom stereocenters. The number of methoxy groups -OCH3 is 1. The summed E-state index contributed by atoms with van der Waals surface area (Å²) in [4.78, 5) is 11.9. The predicted molar refractivity (Wildman–Crippen MR) is 81.4 cm³/mol. The number of hydrogen-bond acceptors (Lipinski definition) is 4. The first-order valence-electron chi connectivity index (χ1n) is 7.35. The third-order valence-electron chi connectivity index (χ3n) is 4.88. The Hall–Kier alpha value is -1.33. The smallest absolute Gasteiger partial charge is 0.497 e. The molecule has 1 aliphatic carbocycles. The van der Waals surface area contributed by atoms with Gasteiger partial charge in [0.1, 0.15) is 5.75 Å². The van der Waals surface area contributed by atoms with Crippen LogP contribution in [0.2, 0.25) is 0 Å². The Morgan fingerprint density at radius 2 is 1.71 bits per heavy atom. The van der Waals surface area contributed by atoms with Crippen molar-refractivity contribution in [2.24, 2.45) is 0 Å². The maximum atomic E-state index is 11.9. The van der Waals surface area contributed by atoms with Crippen LogP contribution in [0.5, 0.6) is 5.75 Å². The largest absolute Gasteiger partial charge is 0.498 e. The molecule has 0 atom stereocenters. The summed E-state index contributed by atoms with van der Waals surface area (Å²) >= 11 is 0. The van der Waals surface area contributed by atoms with E-state index >= 15 is 0 Å². The highest BCUT2D eigenvalue weighted by atomic mass is 16.7. The summed E-state index contributed by atoms with van der Waals surface area (Å²) in [6, 6.07) is 3.83. The molecule has 1 aromatic rings. The Morgan fingerprint density at radius 1 is 1.10 bits per heavy atom. The second-order valence-corrected chi connectivity index (χ2v) is 6.76. The zero-order valence-corrected chi connectivity index (χ0v) is 13.3. The van der Waals surface area contributed by atoms with Crippen molar-refractivity contribution in [2.45, 2.75) is 51.7 Å². The molecule has 1 fully saturated rings. The van der Waals surface area contributed by atoms with Gasteiger partial charge in [-0.25, -0.2) is 0 Å². The van der Waals surface area contributed by atoms with Gasteiger partial charge in [0.25, 0.3) is 0 Å².